The minimum atomic E-state index is -0.873. The molecule has 6 aromatic carbocycles. The van der Waals surface area contributed by atoms with Gasteiger partial charge in [0, 0.05) is 28.0 Å². The maximum Gasteiger partial charge on any atom is 0.229 e. The van der Waals surface area contributed by atoms with Crippen molar-refractivity contribution < 1.29 is 28.4 Å². The highest BCUT2D eigenvalue weighted by Gasteiger charge is 2.50. The van der Waals surface area contributed by atoms with Crippen LogP contribution in [0.4, 0.5) is 0 Å². The van der Waals surface area contributed by atoms with E-state index in [-0.39, 0.29) is 6.61 Å². The average Bonchev–Trinajstić information content (AvgIpc) is 3.68. The van der Waals surface area contributed by atoms with Gasteiger partial charge in [0.05, 0.1) is 44.2 Å². The molecule has 0 amide bonds. The Kier molecular flexibility index (Phi) is 12.1. The fraction of sp³-hybridized carbons (Fsp3) is 0.196. The molecule has 9 rings (SSSR count). The molecule has 8 nitrogen and oxygen atoms in total. The number of rotatable bonds is 16. The molecule has 0 aliphatic carbocycles. The molecule has 0 radical (unpaired) electrons. The van der Waals surface area contributed by atoms with Gasteiger partial charge in [0.1, 0.15) is 30.2 Å². The van der Waals surface area contributed by atoms with Crippen LogP contribution in [-0.4, -0.2) is 47.3 Å². The van der Waals surface area contributed by atoms with Gasteiger partial charge >= 0.3 is 0 Å². The molecule has 59 heavy (non-hydrogen) atoms. The Morgan fingerprint density at radius 1 is 0.492 bits per heavy atom. The van der Waals surface area contributed by atoms with Crippen molar-refractivity contribution in [2.45, 2.75) is 57.1 Å². The Hall–Kier alpha value is -6.13. The maximum absolute atomic E-state index is 6.92. The second-order valence-electron chi connectivity index (χ2n) is 14.7. The third-order valence-electron chi connectivity index (χ3n) is 10.6. The summed E-state index contributed by atoms with van der Waals surface area (Å²) in [6, 6.07) is 58.8. The standard InChI is InChI=1S/C51H46N2O6/c1-5-15-36(16-6-1)31-54-35-45-48(55-32-37-17-7-2-8-18-37)49(56-33-38-19-9-3-10-20-38)50(57-34-39-21-11-4-12-22-39)51(59-45)58-41-27-25-40(26-28-41)46-47-43(29-30-52-46)42-23-13-14-24-44(42)53-47/h1-30,45,48-51,53H,31-35H2/t45-,48-,49-,50-,51+/m1/s1. The minimum Gasteiger partial charge on any atom is -0.462 e. The van der Waals surface area contributed by atoms with Crippen molar-refractivity contribution in [3.63, 3.8) is 0 Å². The summed E-state index contributed by atoms with van der Waals surface area (Å²) in [5.74, 6) is 0.616. The lowest BCUT2D eigenvalue weighted by atomic mass is 9.97. The zero-order valence-corrected chi connectivity index (χ0v) is 32.6. The normalized spacial score (nSPS) is 19.2. The van der Waals surface area contributed by atoms with Crippen molar-refractivity contribution in [3.8, 4) is 17.0 Å². The number of H-pyrrole nitrogens is 1. The van der Waals surface area contributed by atoms with Gasteiger partial charge in [0.25, 0.3) is 0 Å². The Morgan fingerprint density at radius 2 is 1.02 bits per heavy atom. The van der Waals surface area contributed by atoms with E-state index in [0.29, 0.717) is 32.2 Å². The van der Waals surface area contributed by atoms with E-state index >= 15 is 0 Å². The van der Waals surface area contributed by atoms with Crippen LogP contribution in [0.2, 0.25) is 0 Å². The molecule has 1 aliphatic rings. The zero-order chi connectivity index (χ0) is 39.6. The van der Waals surface area contributed by atoms with E-state index in [1.807, 2.05) is 134 Å². The van der Waals surface area contributed by atoms with Crippen LogP contribution < -0.4 is 4.74 Å². The third kappa shape index (κ3) is 9.29. The molecule has 1 N–H and O–H groups in total. The van der Waals surface area contributed by atoms with Gasteiger partial charge in [-0.15, -0.1) is 0 Å². The van der Waals surface area contributed by atoms with Crippen LogP contribution in [-0.2, 0) is 50.1 Å². The summed E-state index contributed by atoms with van der Waals surface area (Å²) in [6.45, 7) is 1.67. The monoisotopic (exact) mass is 782 g/mol. The van der Waals surface area contributed by atoms with Crippen molar-refractivity contribution in [1.82, 2.24) is 9.97 Å². The van der Waals surface area contributed by atoms with Gasteiger partial charge in [-0.05, 0) is 58.7 Å². The van der Waals surface area contributed by atoms with Gasteiger partial charge < -0.3 is 33.4 Å². The van der Waals surface area contributed by atoms with E-state index in [1.165, 1.54) is 5.39 Å². The molecule has 1 saturated heterocycles. The van der Waals surface area contributed by atoms with Crippen molar-refractivity contribution in [2.75, 3.05) is 6.61 Å². The number of pyridine rings is 1. The van der Waals surface area contributed by atoms with Gasteiger partial charge in [-0.1, -0.05) is 140 Å². The molecule has 0 saturated carbocycles. The number of aromatic nitrogens is 2. The van der Waals surface area contributed by atoms with E-state index in [1.54, 1.807) is 0 Å². The van der Waals surface area contributed by atoms with Crippen LogP contribution in [0.25, 0.3) is 33.1 Å². The largest absolute Gasteiger partial charge is 0.462 e. The summed E-state index contributed by atoms with van der Waals surface area (Å²) in [5, 5.41) is 2.30. The quantitative estimate of drug-likeness (QED) is 0.104. The third-order valence-corrected chi connectivity index (χ3v) is 10.6. The van der Waals surface area contributed by atoms with Gasteiger partial charge in [-0.25, -0.2) is 0 Å². The number of para-hydroxylation sites is 1. The summed E-state index contributed by atoms with van der Waals surface area (Å²) in [5.41, 5.74) is 8.05. The van der Waals surface area contributed by atoms with Gasteiger partial charge in [-0.2, -0.15) is 0 Å². The van der Waals surface area contributed by atoms with Crippen molar-refractivity contribution in [1.29, 1.82) is 0 Å². The van der Waals surface area contributed by atoms with Crippen LogP contribution in [0.1, 0.15) is 22.3 Å². The number of aromatic amines is 1. The fourth-order valence-electron chi connectivity index (χ4n) is 7.66. The molecule has 1 aliphatic heterocycles. The molecule has 8 aromatic rings. The number of fused-ring (bicyclic) bond motifs is 3. The predicted molar refractivity (Wildman–Crippen MR) is 229 cm³/mol. The second kappa shape index (κ2) is 18.6. The first-order valence-electron chi connectivity index (χ1n) is 20.1. The summed E-state index contributed by atoms with van der Waals surface area (Å²) < 4.78 is 40.6. The molecular weight excluding hydrogens is 737 g/mol. The Morgan fingerprint density at radius 3 is 1.63 bits per heavy atom. The summed E-state index contributed by atoms with van der Waals surface area (Å²) >= 11 is 0. The number of nitrogens with one attached hydrogen (secondary N) is 1. The molecule has 296 valence electrons. The van der Waals surface area contributed by atoms with Crippen molar-refractivity contribution in [3.05, 3.63) is 204 Å². The van der Waals surface area contributed by atoms with Crippen LogP contribution in [0.5, 0.6) is 5.75 Å². The molecule has 0 spiro atoms. The number of ether oxygens (including phenoxy) is 6. The smallest absolute Gasteiger partial charge is 0.229 e. The molecule has 8 heteroatoms. The first-order valence-corrected chi connectivity index (χ1v) is 20.1. The second-order valence-corrected chi connectivity index (χ2v) is 14.7. The number of hydrogen-bond acceptors (Lipinski definition) is 7. The van der Waals surface area contributed by atoms with E-state index in [0.717, 1.165) is 49.9 Å². The molecular formula is C51H46N2O6. The predicted octanol–water partition coefficient (Wildman–Crippen LogP) is 10.5. The van der Waals surface area contributed by atoms with E-state index in [2.05, 4.69) is 53.5 Å². The van der Waals surface area contributed by atoms with Crippen LogP contribution in [0.3, 0.4) is 0 Å². The molecule has 3 heterocycles. The number of hydrogen-bond donors (Lipinski definition) is 1. The summed E-state index contributed by atoms with van der Waals surface area (Å²) in [4.78, 5) is 8.36. The average molecular weight is 783 g/mol. The number of benzene rings is 6. The van der Waals surface area contributed by atoms with E-state index in [4.69, 9.17) is 33.4 Å². The highest BCUT2D eigenvalue weighted by Crippen LogP contribution is 2.35. The van der Waals surface area contributed by atoms with Crippen LogP contribution in [0, 0.1) is 0 Å². The van der Waals surface area contributed by atoms with Crippen molar-refractivity contribution >= 4 is 21.8 Å². The van der Waals surface area contributed by atoms with Crippen LogP contribution in [0.15, 0.2) is 182 Å². The summed E-state index contributed by atoms with van der Waals surface area (Å²) in [6.07, 6.45) is -1.43. The first kappa shape index (κ1) is 38.4. The lowest BCUT2D eigenvalue weighted by molar-refractivity contribution is -0.310. The van der Waals surface area contributed by atoms with Gasteiger partial charge in [-0.3, -0.25) is 4.98 Å². The molecule has 0 bridgehead atoms. The lowest BCUT2D eigenvalue weighted by Gasteiger charge is -2.45. The zero-order valence-electron chi connectivity index (χ0n) is 32.6. The van der Waals surface area contributed by atoms with E-state index in [9.17, 15) is 0 Å². The van der Waals surface area contributed by atoms with Crippen molar-refractivity contribution in [2.24, 2.45) is 0 Å². The SMILES string of the molecule is c1ccc(COC[C@H]2O[C@H](Oc3ccc(-c4nccc5c4[nH]c4ccccc45)cc3)[C@H](OCc3ccccc3)[C@H](OCc3ccccc3)[C@@H]2OCc2ccccc2)cc1. The molecule has 0 unspecified atom stereocenters. The molecule has 2 aromatic heterocycles. The highest BCUT2D eigenvalue weighted by molar-refractivity contribution is 6.10. The van der Waals surface area contributed by atoms with Crippen LogP contribution >= 0.6 is 0 Å². The fourth-order valence-corrected chi connectivity index (χ4v) is 7.66. The van der Waals surface area contributed by atoms with E-state index < -0.39 is 30.7 Å². The Bertz CT molecular complexity index is 2520. The Balaban J connectivity index is 1.04. The minimum absolute atomic E-state index is 0.240. The molecule has 5 atom stereocenters. The topological polar surface area (TPSA) is 84.1 Å². The Labute approximate surface area is 344 Å². The number of nitrogens with zero attached hydrogens (tertiary/aromatic N) is 1. The highest BCUT2D eigenvalue weighted by atomic mass is 16.7. The molecule has 1 fully saturated rings. The summed E-state index contributed by atoms with van der Waals surface area (Å²) in [7, 11) is 0. The van der Waals surface area contributed by atoms with Gasteiger partial charge in [0.15, 0.2) is 0 Å². The maximum atomic E-state index is 6.92. The van der Waals surface area contributed by atoms with Gasteiger partial charge in [0.2, 0.25) is 6.29 Å². The lowest BCUT2D eigenvalue weighted by Crippen LogP contribution is -2.62. The first-order chi connectivity index (χ1) is 29.2.